The van der Waals surface area contributed by atoms with Crippen molar-refractivity contribution < 1.29 is 0 Å². The summed E-state index contributed by atoms with van der Waals surface area (Å²) in [6, 6.07) is 0. The molecule has 0 aromatic heterocycles. The van der Waals surface area contributed by atoms with E-state index < -0.39 is 0 Å². The maximum Gasteiger partial charge on any atom is 0.0818 e. The third kappa shape index (κ3) is 1.81. The third-order valence-electron chi connectivity index (χ3n) is 1.83. The molecule has 0 saturated carbocycles. The van der Waals surface area contributed by atoms with Crippen LogP contribution in [-0.4, -0.2) is 16.4 Å². The first-order valence-electron chi connectivity index (χ1n) is 3.76. The summed E-state index contributed by atoms with van der Waals surface area (Å²) in [7, 11) is 0. The standard InChI is InChI=1S/C8H13NS/c1-2-9-7-5-3-4-6-8(9)10/h2H,1,3-7H2. The zero-order valence-electron chi connectivity index (χ0n) is 6.18. The molecular formula is C8H13NS. The molecule has 1 fully saturated rings. The minimum atomic E-state index is 1.06. The molecule has 1 saturated heterocycles. The Hall–Kier alpha value is -0.370. The van der Waals surface area contributed by atoms with Gasteiger partial charge in [0.2, 0.25) is 0 Å². The van der Waals surface area contributed by atoms with Crippen LogP contribution >= 0.6 is 12.2 Å². The minimum Gasteiger partial charge on any atom is -0.343 e. The molecule has 1 aliphatic heterocycles. The molecule has 0 radical (unpaired) electrons. The van der Waals surface area contributed by atoms with Crippen molar-refractivity contribution in [3.8, 4) is 0 Å². The van der Waals surface area contributed by atoms with Gasteiger partial charge in [-0.15, -0.1) is 0 Å². The molecule has 0 spiro atoms. The molecule has 1 aliphatic rings. The van der Waals surface area contributed by atoms with Crippen LogP contribution in [0.3, 0.4) is 0 Å². The minimum absolute atomic E-state index is 1.06. The second kappa shape index (κ2) is 3.71. The van der Waals surface area contributed by atoms with Gasteiger partial charge in [-0.05, 0) is 25.5 Å². The predicted molar refractivity (Wildman–Crippen MR) is 48.0 cm³/mol. The Morgan fingerprint density at radius 3 is 2.90 bits per heavy atom. The molecule has 2 heteroatoms. The second-order valence-corrected chi connectivity index (χ2v) is 3.05. The fraction of sp³-hybridized carbons (Fsp3) is 0.625. The number of thiocarbonyl (C=S) groups is 1. The molecule has 0 N–H and O–H groups in total. The summed E-state index contributed by atoms with van der Waals surface area (Å²) in [5, 5.41) is 0. The first kappa shape index (κ1) is 7.73. The highest BCUT2D eigenvalue weighted by Crippen LogP contribution is 2.11. The summed E-state index contributed by atoms with van der Waals surface area (Å²) >= 11 is 5.17. The van der Waals surface area contributed by atoms with Crippen molar-refractivity contribution in [2.75, 3.05) is 6.54 Å². The highest BCUT2D eigenvalue weighted by molar-refractivity contribution is 7.80. The SMILES string of the molecule is C=CN1CCCCCC1=S. The van der Waals surface area contributed by atoms with Gasteiger partial charge < -0.3 is 4.90 Å². The van der Waals surface area contributed by atoms with Gasteiger partial charge in [-0.25, -0.2) is 0 Å². The largest absolute Gasteiger partial charge is 0.343 e. The lowest BCUT2D eigenvalue weighted by Gasteiger charge is -2.16. The molecular weight excluding hydrogens is 142 g/mol. The van der Waals surface area contributed by atoms with Crippen LogP contribution in [0.25, 0.3) is 0 Å². The summed E-state index contributed by atoms with van der Waals surface area (Å²) in [5.74, 6) is 0. The van der Waals surface area contributed by atoms with Crippen molar-refractivity contribution >= 4 is 17.2 Å². The molecule has 0 bridgehead atoms. The lowest BCUT2D eigenvalue weighted by atomic mass is 10.2. The molecule has 10 heavy (non-hydrogen) atoms. The zero-order chi connectivity index (χ0) is 7.40. The van der Waals surface area contributed by atoms with E-state index in [2.05, 4.69) is 11.5 Å². The van der Waals surface area contributed by atoms with E-state index in [-0.39, 0.29) is 0 Å². The van der Waals surface area contributed by atoms with Gasteiger partial charge in [-0.2, -0.15) is 0 Å². The predicted octanol–water partition coefficient (Wildman–Crippen LogP) is 2.33. The van der Waals surface area contributed by atoms with Crippen LogP contribution in [0.15, 0.2) is 12.8 Å². The van der Waals surface area contributed by atoms with Crippen molar-refractivity contribution in [3.63, 3.8) is 0 Å². The van der Waals surface area contributed by atoms with Crippen molar-refractivity contribution in [3.05, 3.63) is 12.8 Å². The molecule has 0 aliphatic carbocycles. The van der Waals surface area contributed by atoms with E-state index in [9.17, 15) is 0 Å². The van der Waals surface area contributed by atoms with Gasteiger partial charge in [0.25, 0.3) is 0 Å². The molecule has 0 atom stereocenters. The number of hydrogen-bond acceptors (Lipinski definition) is 1. The van der Waals surface area contributed by atoms with Crippen molar-refractivity contribution in [1.82, 2.24) is 4.90 Å². The van der Waals surface area contributed by atoms with Crippen molar-refractivity contribution in [1.29, 1.82) is 0 Å². The number of hydrogen-bond donors (Lipinski definition) is 0. The summed E-state index contributed by atoms with van der Waals surface area (Å²) in [6.07, 6.45) is 6.73. The van der Waals surface area contributed by atoms with Gasteiger partial charge in [0, 0.05) is 6.54 Å². The summed E-state index contributed by atoms with van der Waals surface area (Å²) in [4.78, 5) is 3.15. The van der Waals surface area contributed by atoms with Crippen LogP contribution < -0.4 is 0 Å². The highest BCUT2D eigenvalue weighted by atomic mass is 32.1. The smallest absolute Gasteiger partial charge is 0.0818 e. The van der Waals surface area contributed by atoms with Crippen LogP contribution in [0.4, 0.5) is 0 Å². The van der Waals surface area contributed by atoms with E-state index in [1.807, 2.05) is 6.20 Å². The van der Waals surface area contributed by atoms with E-state index >= 15 is 0 Å². The Labute approximate surface area is 67.7 Å². The molecule has 56 valence electrons. The quantitative estimate of drug-likeness (QED) is 0.535. The Morgan fingerprint density at radius 1 is 1.40 bits per heavy atom. The van der Waals surface area contributed by atoms with Crippen molar-refractivity contribution in [2.45, 2.75) is 25.7 Å². The molecule has 1 heterocycles. The molecule has 1 nitrogen and oxygen atoms in total. The van der Waals surface area contributed by atoms with Crippen LogP contribution in [-0.2, 0) is 0 Å². The summed E-state index contributed by atoms with van der Waals surface area (Å²) < 4.78 is 0. The van der Waals surface area contributed by atoms with Gasteiger partial charge >= 0.3 is 0 Å². The van der Waals surface area contributed by atoms with Gasteiger partial charge in [0.05, 0.1) is 4.99 Å². The Bertz CT molecular complexity index is 142. The lowest BCUT2D eigenvalue weighted by molar-refractivity contribution is 0.547. The average molecular weight is 155 g/mol. The normalized spacial score (nSPS) is 20.4. The highest BCUT2D eigenvalue weighted by Gasteiger charge is 2.08. The molecule has 0 unspecified atom stereocenters. The lowest BCUT2D eigenvalue weighted by Crippen LogP contribution is -2.22. The van der Waals surface area contributed by atoms with E-state index in [1.54, 1.807) is 0 Å². The van der Waals surface area contributed by atoms with Crippen molar-refractivity contribution in [2.24, 2.45) is 0 Å². The van der Waals surface area contributed by atoms with Crippen LogP contribution in [0.5, 0.6) is 0 Å². The molecule has 0 aromatic rings. The maximum atomic E-state index is 5.17. The fourth-order valence-corrected chi connectivity index (χ4v) is 1.51. The first-order valence-corrected chi connectivity index (χ1v) is 4.17. The van der Waals surface area contributed by atoms with E-state index in [4.69, 9.17) is 12.2 Å². The first-order chi connectivity index (χ1) is 4.84. The molecule has 1 rings (SSSR count). The Morgan fingerprint density at radius 2 is 2.20 bits per heavy atom. The average Bonchev–Trinajstić information content (AvgIpc) is 2.13. The van der Waals surface area contributed by atoms with Gasteiger partial charge in [0.1, 0.15) is 0 Å². The molecule has 0 aromatic carbocycles. The van der Waals surface area contributed by atoms with Gasteiger partial charge in [0.15, 0.2) is 0 Å². The van der Waals surface area contributed by atoms with E-state index in [0.29, 0.717) is 0 Å². The Kier molecular flexibility index (Phi) is 2.87. The Balaban J connectivity index is 2.51. The van der Waals surface area contributed by atoms with E-state index in [0.717, 1.165) is 18.0 Å². The van der Waals surface area contributed by atoms with Gasteiger partial charge in [-0.3, -0.25) is 0 Å². The number of likely N-dealkylation sites (tertiary alicyclic amines) is 1. The number of rotatable bonds is 1. The zero-order valence-corrected chi connectivity index (χ0v) is 6.99. The van der Waals surface area contributed by atoms with E-state index in [1.165, 1.54) is 19.3 Å². The number of nitrogens with zero attached hydrogens (tertiary/aromatic N) is 1. The topological polar surface area (TPSA) is 3.24 Å². The summed E-state index contributed by atoms with van der Waals surface area (Å²) in [5.41, 5.74) is 0. The van der Waals surface area contributed by atoms with Gasteiger partial charge in [-0.1, -0.05) is 25.2 Å². The van der Waals surface area contributed by atoms with Crippen LogP contribution in [0.1, 0.15) is 25.7 Å². The fourth-order valence-electron chi connectivity index (χ4n) is 1.20. The second-order valence-electron chi connectivity index (χ2n) is 2.58. The molecule has 0 amide bonds. The van der Waals surface area contributed by atoms with Crippen LogP contribution in [0.2, 0.25) is 0 Å². The van der Waals surface area contributed by atoms with Crippen LogP contribution in [0, 0.1) is 0 Å². The monoisotopic (exact) mass is 155 g/mol. The summed E-state index contributed by atoms with van der Waals surface area (Å²) in [6.45, 7) is 4.79. The maximum absolute atomic E-state index is 5.17. The third-order valence-corrected chi connectivity index (χ3v) is 2.27.